The van der Waals surface area contributed by atoms with Crippen molar-refractivity contribution in [1.82, 2.24) is 9.88 Å². The van der Waals surface area contributed by atoms with Crippen LogP contribution in [0.25, 0.3) is 10.2 Å². The van der Waals surface area contributed by atoms with Gasteiger partial charge in [-0.1, -0.05) is 11.3 Å². The summed E-state index contributed by atoms with van der Waals surface area (Å²) < 4.78 is 0.957. The maximum absolute atomic E-state index is 12.0. The number of anilines is 2. The lowest BCUT2D eigenvalue weighted by atomic mass is 10.1. The van der Waals surface area contributed by atoms with E-state index in [4.69, 9.17) is 5.73 Å². The molecule has 1 unspecified atom stereocenters. The Hall–Kier alpha value is -1.70. The normalized spacial score (nSPS) is 19.8. The number of aliphatic hydroxyl groups excluding tert-OH is 1. The van der Waals surface area contributed by atoms with Crippen LogP contribution in [0.3, 0.4) is 0 Å². The summed E-state index contributed by atoms with van der Waals surface area (Å²) >= 11 is 1.41. The Morgan fingerprint density at radius 2 is 2.43 bits per heavy atom. The Balaban J connectivity index is 1.63. The number of piperidine rings is 1. The van der Waals surface area contributed by atoms with Crippen molar-refractivity contribution in [2.45, 2.75) is 18.9 Å². The molecule has 1 amide bonds. The number of benzene rings is 1. The summed E-state index contributed by atoms with van der Waals surface area (Å²) in [6, 6.07) is 5.49. The smallest absolute Gasteiger partial charge is 0.240 e. The van der Waals surface area contributed by atoms with E-state index in [0.29, 0.717) is 17.4 Å². The molecular weight excluding hydrogens is 288 g/mol. The topological polar surface area (TPSA) is 91.5 Å². The van der Waals surface area contributed by atoms with Gasteiger partial charge in [0.05, 0.1) is 22.9 Å². The SMILES string of the molecule is Nc1ccc2nc(NC(=O)CN3CCCC(O)C3)sc2c1. The van der Waals surface area contributed by atoms with Crippen molar-refractivity contribution in [1.29, 1.82) is 0 Å². The van der Waals surface area contributed by atoms with Gasteiger partial charge in [0.25, 0.3) is 0 Å². The Labute approximate surface area is 126 Å². The summed E-state index contributed by atoms with van der Waals surface area (Å²) in [6.45, 7) is 1.69. The van der Waals surface area contributed by atoms with Gasteiger partial charge in [-0.05, 0) is 37.6 Å². The molecule has 1 aliphatic rings. The Kier molecular flexibility index (Phi) is 4.05. The summed E-state index contributed by atoms with van der Waals surface area (Å²) in [4.78, 5) is 18.4. The number of β-amino-alcohol motifs (C(OH)–C–C–N with tert-alkyl or cyclic N) is 1. The van der Waals surface area contributed by atoms with Crippen molar-refractivity contribution in [3.05, 3.63) is 18.2 Å². The number of carbonyl (C=O) groups excluding carboxylic acids is 1. The zero-order valence-electron chi connectivity index (χ0n) is 11.6. The monoisotopic (exact) mass is 306 g/mol. The van der Waals surface area contributed by atoms with E-state index in [1.807, 2.05) is 17.0 Å². The summed E-state index contributed by atoms with van der Waals surface area (Å²) in [5.41, 5.74) is 7.25. The number of hydrogen-bond donors (Lipinski definition) is 3. The molecule has 0 spiro atoms. The molecule has 0 bridgehead atoms. The predicted molar refractivity (Wildman–Crippen MR) is 84.3 cm³/mol. The molecule has 2 heterocycles. The van der Waals surface area contributed by atoms with Crippen LogP contribution in [0.4, 0.5) is 10.8 Å². The lowest BCUT2D eigenvalue weighted by Crippen LogP contribution is -2.42. The molecule has 21 heavy (non-hydrogen) atoms. The molecule has 1 atom stereocenters. The summed E-state index contributed by atoms with van der Waals surface area (Å²) in [7, 11) is 0. The van der Waals surface area contributed by atoms with E-state index >= 15 is 0 Å². The van der Waals surface area contributed by atoms with Crippen molar-refractivity contribution in [3.63, 3.8) is 0 Å². The fraction of sp³-hybridized carbons (Fsp3) is 0.429. The molecule has 1 fully saturated rings. The van der Waals surface area contributed by atoms with E-state index in [9.17, 15) is 9.90 Å². The highest BCUT2D eigenvalue weighted by Gasteiger charge is 2.20. The first-order valence-corrected chi connectivity index (χ1v) is 7.78. The zero-order valence-corrected chi connectivity index (χ0v) is 12.4. The number of nitrogen functional groups attached to an aromatic ring is 1. The minimum atomic E-state index is -0.322. The Morgan fingerprint density at radius 1 is 1.57 bits per heavy atom. The van der Waals surface area contributed by atoms with E-state index in [0.717, 1.165) is 29.6 Å². The van der Waals surface area contributed by atoms with Gasteiger partial charge < -0.3 is 16.2 Å². The van der Waals surface area contributed by atoms with Crippen molar-refractivity contribution < 1.29 is 9.90 Å². The quantitative estimate of drug-likeness (QED) is 0.743. The fourth-order valence-corrected chi connectivity index (χ4v) is 3.46. The van der Waals surface area contributed by atoms with Gasteiger partial charge in [0.1, 0.15) is 0 Å². The van der Waals surface area contributed by atoms with Crippen LogP contribution < -0.4 is 11.1 Å². The molecule has 2 aromatic rings. The summed E-state index contributed by atoms with van der Waals surface area (Å²) in [6.07, 6.45) is 1.42. The second-order valence-corrected chi connectivity index (χ2v) is 6.36. The fourth-order valence-electron chi connectivity index (χ4n) is 2.53. The van der Waals surface area contributed by atoms with Crippen molar-refractivity contribution in [2.24, 2.45) is 0 Å². The van der Waals surface area contributed by atoms with Crippen LogP contribution in [-0.4, -0.2) is 46.6 Å². The highest BCUT2D eigenvalue weighted by Crippen LogP contribution is 2.27. The molecule has 0 aliphatic carbocycles. The summed E-state index contributed by atoms with van der Waals surface area (Å²) in [5, 5.41) is 13.0. The number of likely N-dealkylation sites (tertiary alicyclic amines) is 1. The molecule has 6 nitrogen and oxygen atoms in total. The van der Waals surface area contributed by atoms with Gasteiger partial charge in [-0.3, -0.25) is 9.69 Å². The van der Waals surface area contributed by atoms with Crippen LogP contribution in [0.1, 0.15) is 12.8 Å². The van der Waals surface area contributed by atoms with E-state index in [2.05, 4.69) is 10.3 Å². The van der Waals surface area contributed by atoms with E-state index in [1.54, 1.807) is 6.07 Å². The molecule has 3 rings (SSSR count). The van der Waals surface area contributed by atoms with Gasteiger partial charge in [-0.25, -0.2) is 4.98 Å². The lowest BCUT2D eigenvalue weighted by Gasteiger charge is -2.29. The third-order valence-electron chi connectivity index (χ3n) is 3.51. The van der Waals surface area contributed by atoms with Crippen LogP contribution in [-0.2, 0) is 4.79 Å². The van der Waals surface area contributed by atoms with Crippen molar-refractivity contribution in [2.75, 3.05) is 30.7 Å². The van der Waals surface area contributed by atoms with E-state index in [-0.39, 0.29) is 18.6 Å². The molecule has 1 aromatic carbocycles. The summed E-state index contributed by atoms with van der Waals surface area (Å²) in [5.74, 6) is -0.101. The van der Waals surface area contributed by atoms with E-state index < -0.39 is 0 Å². The number of thiazole rings is 1. The van der Waals surface area contributed by atoms with Gasteiger partial charge in [0, 0.05) is 12.2 Å². The van der Waals surface area contributed by atoms with Gasteiger partial charge >= 0.3 is 0 Å². The number of amides is 1. The number of hydrogen-bond acceptors (Lipinski definition) is 6. The second-order valence-electron chi connectivity index (χ2n) is 5.33. The largest absolute Gasteiger partial charge is 0.399 e. The predicted octanol–water partition coefficient (Wildman–Crippen LogP) is 1.27. The lowest BCUT2D eigenvalue weighted by molar-refractivity contribution is -0.118. The average Bonchev–Trinajstić information content (AvgIpc) is 2.79. The second kappa shape index (κ2) is 5.97. The standard InChI is InChI=1S/C14H18N4O2S/c15-9-3-4-11-12(6-9)21-14(16-11)17-13(20)8-18-5-1-2-10(19)7-18/h3-4,6,10,19H,1-2,5,7-8,15H2,(H,16,17,20). The molecule has 0 radical (unpaired) electrons. The third-order valence-corrected chi connectivity index (χ3v) is 4.44. The number of rotatable bonds is 3. The molecule has 1 saturated heterocycles. The number of nitrogens with one attached hydrogen (secondary N) is 1. The number of nitrogens with zero attached hydrogens (tertiary/aromatic N) is 2. The van der Waals surface area contributed by atoms with Crippen molar-refractivity contribution in [3.8, 4) is 0 Å². The van der Waals surface area contributed by atoms with Gasteiger partial charge in [-0.2, -0.15) is 0 Å². The zero-order chi connectivity index (χ0) is 14.8. The molecule has 1 aliphatic heterocycles. The molecule has 7 heteroatoms. The Morgan fingerprint density at radius 3 is 3.24 bits per heavy atom. The van der Waals surface area contributed by atoms with Gasteiger partial charge in [0.15, 0.2) is 5.13 Å². The number of nitrogens with two attached hydrogens (primary N) is 1. The maximum Gasteiger partial charge on any atom is 0.240 e. The molecule has 1 aromatic heterocycles. The molecule has 112 valence electrons. The minimum Gasteiger partial charge on any atom is -0.399 e. The van der Waals surface area contributed by atoms with Crippen LogP contribution in [0.15, 0.2) is 18.2 Å². The maximum atomic E-state index is 12.0. The third kappa shape index (κ3) is 3.49. The number of aromatic nitrogens is 1. The van der Waals surface area contributed by atoms with Crippen LogP contribution in [0, 0.1) is 0 Å². The highest BCUT2D eigenvalue weighted by molar-refractivity contribution is 7.22. The number of aliphatic hydroxyl groups is 1. The first-order valence-electron chi connectivity index (χ1n) is 6.96. The van der Waals surface area contributed by atoms with E-state index in [1.165, 1.54) is 11.3 Å². The van der Waals surface area contributed by atoms with Crippen LogP contribution in [0.2, 0.25) is 0 Å². The first kappa shape index (κ1) is 14.2. The van der Waals surface area contributed by atoms with Crippen molar-refractivity contribution >= 4 is 38.3 Å². The average molecular weight is 306 g/mol. The van der Waals surface area contributed by atoms with Gasteiger partial charge in [0.2, 0.25) is 5.91 Å². The molecule has 0 saturated carbocycles. The first-order chi connectivity index (χ1) is 10.1. The molecule has 4 N–H and O–H groups in total. The van der Waals surface area contributed by atoms with Crippen LogP contribution in [0.5, 0.6) is 0 Å². The number of carbonyl (C=O) groups is 1. The number of fused-ring (bicyclic) bond motifs is 1. The molecular formula is C14H18N4O2S. The Bertz CT molecular complexity index is 657. The van der Waals surface area contributed by atoms with Crippen LogP contribution >= 0.6 is 11.3 Å². The minimum absolute atomic E-state index is 0.101. The van der Waals surface area contributed by atoms with Gasteiger partial charge in [-0.15, -0.1) is 0 Å². The highest BCUT2D eigenvalue weighted by atomic mass is 32.1.